The van der Waals surface area contributed by atoms with E-state index in [1.165, 1.54) is 18.6 Å². The molecule has 4 nitrogen and oxygen atoms in total. The van der Waals surface area contributed by atoms with Crippen LogP contribution in [-0.4, -0.2) is 20.1 Å². The van der Waals surface area contributed by atoms with Crippen molar-refractivity contribution in [3.8, 4) is 39.1 Å². The van der Waals surface area contributed by atoms with E-state index in [4.69, 9.17) is 4.74 Å². The van der Waals surface area contributed by atoms with Crippen LogP contribution in [0.3, 0.4) is 0 Å². The molecule has 0 aliphatic heterocycles. The first-order valence-corrected chi connectivity index (χ1v) is 13.6. The van der Waals surface area contributed by atoms with Crippen molar-refractivity contribution in [2.24, 2.45) is 0 Å². The minimum atomic E-state index is -4.66. The van der Waals surface area contributed by atoms with E-state index in [2.05, 4.69) is 60.7 Å². The fourth-order valence-corrected chi connectivity index (χ4v) is 5.87. The predicted octanol–water partition coefficient (Wildman–Crippen LogP) is 7.91. The second-order valence-electron chi connectivity index (χ2n) is 9.11. The largest absolute Gasteiger partial charge is 0.744 e. The number of hydrogen-bond donors (Lipinski definition) is 0. The van der Waals surface area contributed by atoms with E-state index in [0.717, 1.165) is 49.5 Å². The van der Waals surface area contributed by atoms with Crippen LogP contribution in [0.1, 0.15) is 0 Å². The molecule has 38 heavy (non-hydrogen) atoms. The van der Waals surface area contributed by atoms with Gasteiger partial charge in [-0.05, 0) is 73.1 Å². The van der Waals surface area contributed by atoms with Crippen LogP contribution >= 0.6 is 0 Å². The summed E-state index contributed by atoms with van der Waals surface area (Å²) in [5.74, 6) is 0.0318. The third kappa shape index (κ3) is 4.12. The lowest BCUT2D eigenvalue weighted by atomic mass is 9.85. The monoisotopic (exact) mass is 515 g/mol. The molecule has 6 rings (SSSR count). The molecule has 0 N–H and O–H groups in total. The van der Waals surface area contributed by atoms with Crippen LogP contribution in [0, 0.1) is 0 Å². The van der Waals surface area contributed by atoms with Gasteiger partial charge >= 0.3 is 0 Å². The smallest absolute Gasteiger partial charge is 0.136 e. The molecule has 0 aliphatic rings. The summed E-state index contributed by atoms with van der Waals surface area (Å²) in [7, 11) is -3.30. The average Bonchev–Trinajstić information content (AvgIpc) is 2.95. The maximum atomic E-state index is 11.7. The number of methoxy groups -OCH3 is 1. The Morgan fingerprint density at radius 2 is 1.00 bits per heavy atom. The lowest BCUT2D eigenvalue weighted by Gasteiger charge is -2.19. The van der Waals surface area contributed by atoms with E-state index >= 15 is 0 Å². The molecule has 0 amide bonds. The van der Waals surface area contributed by atoms with E-state index in [1.807, 2.05) is 42.5 Å². The molecule has 0 aliphatic carbocycles. The van der Waals surface area contributed by atoms with Gasteiger partial charge in [0.15, 0.2) is 0 Å². The summed E-state index contributed by atoms with van der Waals surface area (Å²) in [4.78, 5) is -0.369. The van der Waals surface area contributed by atoms with Gasteiger partial charge in [0.25, 0.3) is 0 Å². The van der Waals surface area contributed by atoms with Crippen molar-refractivity contribution in [3.05, 3.63) is 121 Å². The van der Waals surface area contributed by atoms with Gasteiger partial charge in [0.05, 0.1) is 12.0 Å². The van der Waals surface area contributed by atoms with Crippen molar-refractivity contribution >= 4 is 31.7 Å². The van der Waals surface area contributed by atoms with Crippen molar-refractivity contribution in [1.82, 2.24) is 0 Å². The molecule has 0 unspecified atom stereocenters. The standard InChI is InChI=1S/C33H24O4S/c1-37-30-21-25(17-19-31(30)38(34,35)36)24-16-18-28-29(20-24)33(23-12-6-3-7-13-23)27-15-9-8-14-26(27)32(28)22-10-4-2-5-11-22/h2-21H,1H3,(H,34,35,36)/p-1. The molecule has 0 spiro atoms. The minimum absolute atomic E-state index is 0.0318. The van der Waals surface area contributed by atoms with E-state index in [0.29, 0.717) is 0 Å². The number of benzene rings is 6. The van der Waals surface area contributed by atoms with E-state index in [1.54, 1.807) is 12.1 Å². The number of hydrogen-bond acceptors (Lipinski definition) is 4. The summed E-state index contributed by atoms with van der Waals surface area (Å²) in [5.41, 5.74) is 6.17. The van der Waals surface area contributed by atoms with Crippen LogP contribution in [0.5, 0.6) is 5.75 Å². The predicted molar refractivity (Wildman–Crippen MR) is 152 cm³/mol. The number of rotatable bonds is 5. The highest BCUT2D eigenvalue weighted by Crippen LogP contribution is 2.45. The average molecular weight is 516 g/mol. The summed E-state index contributed by atoms with van der Waals surface area (Å²) in [6.45, 7) is 0. The van der Waals surface area contributed by atoms with Gasteiger partial charge in [0.2, 0.25) is 0 Å². The van der Waals surface area contributed by atoms with Crippen molar-refractivity contribution in [2.45, 2.75) is 4.90 Å². The first kappa shape index (κ1) is 23.9. The normalized spacial score (nSPS) is 11.6. The number of ether oxygens (including phenoxy) is 1. The van der Waals surface area contributed by atoms with Crippen molar-refractivity contribution in [2.75, 3.05) is 7.11 Å². The van der Waals surface area contributed by atoms with Gasteiger partial charge in [-0.25, -0.2) is 8.42 Å². The Balaban J connectivity index is 1.71. The fraction of sp³-hybridized carbons (Fsp3) is 0.0303. The molecular weight excluding hydrogens is 492 g/mol. The number of fused-ring (bicyclic) bond motifs is 2. The van der Waals surface area contributed by atoms with Gasteiger partial charge in [-0.15, -0.1) is 0 Å². The molecule has 186 valence electrons. The van der Waals surface area contributed by atoms with Crippen molar-refractivity contribution in [3.63, 3.8) is 0 Å². The summed E-state index contributed by atoms with van der Waals surface area (Å²) in [6.07, 6.45) is 0. The molecule has 0 fully saturated rings. The second-order valence-corrected chi connectivity index (χ2v) is 10.5. The van der Waals surface area contributed by atoms with Gasteiger partial charge in [0, 0.05) is 0 Å². The van der Waals surface area contributed by atoms with E-state index in [-0.39, 0.29) is 10.6 Å². The van der Waals surface area contributed by atoms with Crippen LogP contribution in [0.15, 0.2) is 126 Å². The first-order chi connectivity index (χ1) is 18.5. The summed E-state index contributed by atoms with van der Waals surface area (Å²) >= 11 is 0. The molecule has 0 saturated heterocycles. The van der Waals surface area contributed by atoms with Gasteiger partial charge in [0.1, 0.15) is 15.9 Å². The van der Waals surface area contributed by atoms with Crippen molar-refractivity contribution < 1.29 is 17.7 Å². The van der Waals surface area contributed by atoms with Crippen LogP contribution in [-0.2, 0) is 10.1 Å². The third-order valence-corrected chi connectivity index (χ3v) is 7.79. The van der Waals surface area contributed by atoms with Gasteiger partial charge in [-0.2, -0.15) is 0 Å². The molecule has 0 aromatic heterocycles. The highest BCUT2D eigenvalue weighted by Gasteiger charge is 2.18. The Morgan fingerprint density at radius 1 is 0.526 bits per heavy atom. The van der Waals surface area contributed by atoms with E-state index in [9.17, 15) is 13.0 Å². The Hall–Kier alpha value is -4.45. The second kappa shape index (κ2) is 9.45. The Bertz CT molecular complexity index is 1910. The molecule has 5 heteroatoms. The molecule has 0 atom stereocenters. The van der Waals surface area contributed by atoms with Crippen LogP contribution in [0.4, 0.5) is 0 Å². The molecule has 0 saturated carbocycles. The summed E-state index contributed by atoms with van der Waals surface area (Å²) in [5, 5.41) is 4.51. The minimum Gasteiger partial charge on any atom is -0.744 e. The highest BCUT2D eigenvalue weighted by molar-refractivity contribution is 7.85. The van der Waals surface area contributed by atoms with E-state index < -0.39 is 10.1 Å². The summed E-state index contributed by atoms with van der Waals surface area (Å²) < 4.78 is 40.4. The fourth-order valence-electron chi connectivity index (χ4n) is 5.24. The quantitative estimate of drug-likeness (QED) is 0.173. The molecule has 6 aromatic carbocycles. The molecular formula is C33H23O4S-. The van der Waals surface area contributed by atoms with Crippen molar-refractivity contribution in [1.29, 1.82) is 0 Å². The molecule has 0 bridgehead atoms. The third-order valence-electron chi connectivity index (χ3n) is 6.92. The molecule has 6 aromatic rings. The van der Waals surface area contributed by atoms with Gasteiger partial charge < -0.3 is 9.29 Å². The zero-order valence-corrected chi connectivity index (χ0v) is 21.4. The lowest BCUT2D eigenvalue weighted by molar-refractivity contribution is 0.396. The van der Waals surface area contributed by atoms with Gasteiger partial charge in [-0.3, -0.25) is 0 Å². The summed E-state index contributed by atoms with van der Waals surface area (Å²) in [6, 6.07) is 40.0. The Kier molecular flexibility index (Phi) is 5.95. The van der Waals surface area contributed by atoms with Gasteiger partial charge in [-0.1, -0.05) is 103 Å². The van der Waals surface area contributed by atoms with Crippen LogP contribution in [0.25, 0.3) is 54.9 Å². The maximum Gasteiger partial charge on any atom is 0.136 e. The molecule has 0 radical (unpaired) electrons. The topological polar surface area (TPSA) is 66.4 Å². The van der Waals surface area contributed by atoms with Crippen LogP contribution < -0.4 is 4.74 Å². The lowest BCUT2D eigenvalue weighted by Crippen LogP contribution is -2.02. The first-order valence-electron chi connectivity index (χ1n) is 12.2. The highest BCUT2D eigenvalue weighted by atomic mass is 32.2. The van der Waals surface area contributed by atoms with Crippen LogP contribution in [0.2, 0.25) is 0 Å². The zero-order chi connectivity index (χ0) is 26.3. The maximum absolute atomic E-state index is 11.7. The SMILES string of the molecule is COc1cc(-c2ccc3c(-c4ccccc4)c4ccccc4c(-c4ccccc4)c3c2)ccc1S(=O)(=O)[O-]. The Labute approximate surface area is 221 Å². The molecule has 0 heterocycles. The zero-order valence-electron chi connectivity index (χ0n) is 20.6. The Morgan fingerprint density at radius 3 is 1.55 bits per heavy atom.